The molecule has 0 spiro atoms. The summed E-state index contributed by atoms with van der Waals surface area (Å²) in [4.78, 5) is 2.67. The van der Waals surface area contributed by atoms with Crippen LogP contribution in [0, 0.1) is 0 Å². The van der Waals surface area contributed by atoms with Gasteiger partial charge in [0.25, 0.3) is 0 Å². The van der Waals surface area contributed by atoms with Crippen molar-refractivity contribution >= 4 is 425 Å². The van der Waals surface area contributed by atoms with Gasteiger partial charge in [-0.25, -0.2) is 0 Å². The lowest BCUT2D eigenvalue weighted by Crippen LogP contribution is -2.55. The van der Waals surface area contributed by atoms with Gasteiger partial charge in [-0.1, -0.05) is 146 Å². The van der Waals surface area contributed by atoms with Crippen LogP contribution in [0.1, 0.15) is 0 Å². The first-order chi connectivity index (χ1) is 40.3. The van der Waals surface area contributed by atoms with Gasteiger partial charge in [0, 0.05) is 17.1 Å². The van der Waals surface area contributed by atoms with Gasteiger partial charge in [-0.3, -0.25) is 0 Å². The molecular weight excluding hydrogens is 1000 g/mol. The molecule has 30 heteroatoms. The van der Waals surface area contributed by atoms with Crippen LogP contribution in [0.25, 0.3) is 77.2 Å². The smallest absolute Gasteiger partial charge is 0.142 e. The summed E-state index contributed by atoms with van der Waals surface area (Å²) < 4.78 is 0. The molecular formula is C56H68B29N. The Balaban J connectivity index is 1.32. The molecule has 1 nitrogen and oxygen atoms in total. The van der Waals surface area contributed by atoms with Gasteiger partial charge in [0.1, 0.15) is 228 Å². The van der Waals surface area contributed by atoms with Gasteiger partial charge in [-0.2, -0.15) is 0 Å². The number of fused-ring (bicyclic) bond motifs is 2. The third-order valence-electron chi connectivity index (χ3n) is 22.8. The Labute approximate surface area is 541 Å². The fraction of sp³-hybridized carbons (Fsp3) is 0. The number of anilines is 3. The standard InChI is InChI=1S/C56H68B29N/c57-19-5-13-14(6-20(19)58)29(23(61)7-15(13)31-42(72)50(80)54(84)51(81)43(31)73)32-21(59)3-11(4-22(32)60)86(56-26(64)10-18(37(67)55(56)85)30-33-34(45(75)49(79)41(30)71)46(76)53(83)52(82)44(33)74)27-2-1-12(16-8-24(62)38(68)47(77)35(16)65)28(40(27)70)17-9-25(63)39(69)48(78)36(17)66/h1-10H,57-85H2. The predicted molar refractivity (Wildman–Crippen MR) is 480 cm³/mol. The van der Waals surface area contributed by atoms with Crippen LogP contribution in [0.2, 0.25) is 0 Å². The molecule has 86 heavy (non-hydrogen) atoms. The van der Waals surface area contributed by atoms with Crippen molar-refractivity contribution in [3.8, 4) is 55.6 Å². The number of hydrogen-bond acceptors (Lipinski definition) is 1. The summed E-state index contributed by atoms with van der Waals surface area (Å²) in [6.45, 7) is 0. The van der Waals surface area contributed by atoms with Gasteiger partial charge < -0.3 is 4.90 Å². The maximum Gasteiger partial charge on any atom is 0.142 e. The first-order valence-electron chi connectivity index (χ1n) is 31.7. The predicted octanol–water partition coefficient (Wildman–Crippen LogP) is -34.7. The minimum atomic E-state index is 1.17. The normalized spacial score (nSPS) is 11.4. The van der Waals surface area contributed by atoms with E-state index in [4.69, 9.17) is 0 Å². The van der Waals surface area contributed by atoms with E-state index in [0.717, 1.165) is 0 Å². The van der Waals surface area contributed by atoms with Crippen LogP contribution < -0.4 is 163 Å². The van der Waals surface area contributed by atoms with Crippen LogP contribution in [0.15, 0.2) is 60.7 Å². The summed E-state index contributed by atoms with van der Waals surface area (Å²) in [5.74, 6) is 0. The zero-order valence-corrected chi connectivity index (χ0v) is 58.2. The largest absolute Gasteiger partial charge is 0.312 e. The first kappa shape index (κ1) is 63.4. The van der Waals surface area contributed by atoms with Crippen LogP contribution in [0.3, 0.4) is 0 Å². The highest BCUT2D eigenvalue weighted by Crippen LogP contribution is 2.38. The topological polar surface area (TPSA) is 3.24 Å². The highest BCUT2D eigenvalue weighted by molar-refractivity contribution is 6.74. The second-order valence-corrected chi connectivity index (χ2v) is 27.1. The molecule has 0 radical (unpaired) electrons. The molecule has 0 saturated carbocycles. The van der Waals surface area contributed by atoms with Crippen molar-refractivity contribution < 1.29 is 0 Å². The Hall–Kier alpha value is -5.60. The molecule has 0 heterocycles. The van der Waals surface area contributed by atoms with Gasteiger partial charge in [0.2, 0.25) is 0 Å². The minimum absolute atomic E-state index is 1.17. The summed E-state index contributed by atoms with van der Waals surface area (Å²) in [6.07, 6.45) is 0. The Kier molecular flexibility index (Phi) is 17.0. The van der Waals surface area contributed by atoms with Crippen molar-refractivity contribution in [2.45, 2.75) is 0 Å². The maximum absolute atomic E-state index is 2.67. The van der Waals surface area contributed by atoms with E-state index in [1.165, 1.54) is 253 Å². The van der Waals surface area contributed by atoms with Crippen molar-refractivity contribution in [2.24, 2.45) is 0 Å². The van der Waals surface area contributed by atoms with E-state index in [0.29, 0.717) is 0 Å². The monoisotopic (exact) mass is 1070 g/mol. The Morgan fingerprint density at radius 2 is 0.581 bits per heavy atom. The van der Waals surface area contributed by atoms with E-state index in [1.807, 2.05) is 0 Å². The van der Waals surface area contributed by atoms with Gasteiger partial charge in [0.05, 0.1) is 0 Å². The summed E-state index contributed by atoms with van der Waals surface area (Å²) in [6, 6.07) is 24.9. The molecule has 0 aliphatic rings. The molecule has 10 aromatic carbocycles. The van der Waals surface area contributed by atoms with E-state index >= 15 is 0 Å². The number of hydrogen-bond donors (Lipinski definition) is 0. The van der Waals surface area contributed by atoms with Crippen LogP contribution in [0.4, 0.5) is 17.1 Å². The van der Waals surface area contributed by atoms with Gasteiger partial charge in [-0.15, -0.1) is 54.6 Å². The molecule has 10 rings (SSSR count). The second kappa shape index (κ2) is 23.1. The van der Waals surface area contributed by atoms with E-state index in [1.54, 1.807) is 0 Å². The lowest BCUT2D eigenvalue weighted by Gasteiger charge is -2.35. The molecule has 0 amide bonds. The number of benzene rings is 10. The molecule has 0 saturated heterocycles. The van der Waals surface area contributed by atoms with Crippen LogP contribution >= 0.6 is 0 Å². The van der Waals surface area contributed by atoms with Crippen LogP contribution in [-0.4, -0.2) is 228 Å². The average molecular weight is 1070 g/mol. The summed E-state index contributed by atoms with van der Waals surface area (Å²) in [7, 11) is 67.7. The molecule has 0 fully saturated rings. The Bertz CT molecular complexity index is 4650. The molecule has 384 valence electrons. The third-order valence-corrected chi connectivity index (χ3v) is 22.8. The maximum atomic E-state index is 2.67. The van der Waals surface area contributed by atoms with Crippen LogP contribution in [-0.2, 0) is 0 Å². The van der Waals surface area contributed by atoms with Crippen molar-refractivity contribution in [3.05, 3.63) is 60.7 Å². The highest BCUT2D eigenvalue weighted by atomic mass is 15.1. The van der Waals surface area contributed by atoms with Crippen molar-refractivity contribution in [3.63, 3.8) is 0 Å². The van der Waals surface area contributed by atoms with Crippen molar-refractivity contribution in [1.82, 2.24) is 0 Å². The lowest BCUT2D eigenvalue weighted by atomic mass is 9.58. The Morgan fingerprint density at radius 3 is 1.13 bits per heavy atom. The molecule has 0 aliphatic heterocycles. The van der Waals surface area contributed by atoms with E-state index < -0.39 is 0 Å². The fourth-order valence-corrected chi connectivity index (χ4v) is 15.5. The van der Waals surface area contributed by atoms with E-state index in [9.17, 15) is 0 Å². The Morgan fingerprint density at radius 1 is 0.198 bits per heavy atom. The average Bonchev–Trinajstić information content (AvgIpc) is 0.784. The zero-order valence-electron chi connectivity index (χ0n) is 58.2. The molecule has 0 N–H and O–H groups in total. The summed E-state index contributed by atoms with van der Waals surface area (Å²) >= 11 is 0. The van der Waals surface area contributed by atoms with Gasteiger partial charge >= 0.3 is 0 Å². The summed E-state index contributed by atoms with van der Waals surface area (Å²) in [5.41, 5.74) is 56.0. The molecule has 0 unspecified atom stereocenters. The molecule has 0 aliphatic carbocycles. The third kappa shape index (κ3) is 9.76. The molecule has 0 aromatic heterocycles. The molecule has 10 aromatic rings. The van der Waals surface area contributed by atoms with Crippen LogP contribution in [0.5, 0.6) is 0 Å². The first-order valence-corrected chi connectivity index (χ1v) is 31.7. The SMILES string of the molecule is Bc1cc2c(-c3c(B)c(B)c(B)c(B)c3B)cc(B)c(-c3c(B)cc(N(c4ccc(-c5cc(B)c(B)c(B)c5B)c(-c5cc(B)c(B)c(B)c5B)c4B)c4c(B)cc(-c5c(B)c(B)c(B)c6c(B)c(B)c(B)c(B)c56)c(B)c4B)cc3B)c2cc1B. The summed E-state index contributed by atoms with van der Waals surface area (Å²) in [5, 5.41) is 5.47. The quantitative estimate of drug-likeness (QED) is 0.137. The van der Waals surface area contributed by atoms with E-state index in [2.05, 4.69) is 293 Å². The van der Waals surface area contributed by atoms with Crippen molar-refractivity contribution in [1.29, 1.82) is 0 Å². The second-order valence-electron chi connectivity index (χ2n) is 27.1. The van der Waals surface area contributed by atoms with Gasteiger partial charge in [0.15, 0.2) is 0 Å². The van der Waals surface area contributed by atoms with E-state index in [-0.39, 0.29) is 0 Å². The fourth-order valence-electron chi connectivity index (χ4n) is 15.5. The minimum Gasteiger partial charge on any atom is -0.312 e. The molecule has 0 atom stereocenters. The lowest BCUT2D eigenvalue weighted by molar-refractivity contribution is 1.32. The van der Waals surface area contributed by atoms with Crippen molar-refractivity contribution in [2.75, 3.05) is 4.90 Å². The number of nitrogens with zero attached hydrogens (tertiary/aromatic N) is 1. The molecule has 0 bridgehead atoms. The number of rotatable bonds is 8. The zero-order chi connectivity index (χ0) is 63.2. The van der Waals surface area contributed by atoms with Gasteiger partial charge in [-0.05, 0) is 95.4 Å². The highest BCUT2D eigenvalue weighted by Gasteiger charge is 2.29.